The van der Waals surface area contributed by atoms with Crippen molar-refractivity contribution < 1.29 is 32.6 Å². The summed E-state index contributed by atoms with van der Waals surface area (Å²) in [5.74, 6) is -4.27. The number of hydrogen-bond donors (Lipinski definition) is 2. The second-order valence-corrected chi connectivity index (χ2v) is 7.04. The first-order valence-corrected chi connectivity index (χ1v) is 9.36. The highest BCUT2D eigenvalue weighted by Gasteiger charge is 2.33. The average molecular weight is 425 g/mol. The number of benzene rings is 1. The number of ether oxygens (including phenoxy) is 1. The Hall–Kier alpha value is -3.01. The Labute approximate surface area is 171 Å². The lowest BCUT2D eigenvalue weighted by atomic mass is 9.97. The predicted octanol–water partition coefficient (Wildman–Crippen LogP) is 1.52. The fourth-order valence-corrected chi connectivity index (χ4v) is 3.49. The van der Waals surface area contributed by atoms with Crippen LogP contribution in [-0.2, 0) is 14.3 Å². The molecule has 0 aliphatic carbocycles. The minimum Gasteiger partial charge on any atom is -0.472 e. The molecule has 7 nitrogen and oxygen atoms in total. The van der Waals surface area contributed by atoms with Crippen molar-refractivity contribution >= 4 is 23.1 Å². The van der Waals surface area contributed by atoms with Crippen LogP contribution in [0.5, 0.6) is 0 Å². The molecular formula is C20H22F3N3O4. The number of amides is 2. The Morgan fingerprint density at radius 3 is 2.67 bits per heavy atom. The van der Waals surface area contributed by atoms with Crippen LogP contribution in [0.25, 0.3) is 5.57 Å². The van der Waals surface area contributed by atoms with Crippen LogP contribution in [-0.4, -0.2) is 60.7 Å². The van der Waals surface area contributed by atoms with E-state index in [9.17, 15) is 22.8 Å². The van der Waals surface area contributed by atoms with Gasteiger partial charge in [-0.1, -0.05) is 6.08 Å². The maximum absolute atomic E-state index is 14.8. The third-order valence-corrected chi connectivity index (χ3v) is 5.02. The molecule has 1 aromatic carbocycles. The van der Waals surface area contributed by atoms with Crippen LogP contribution in [0.1, 0.15) is 18.9 Å². The van der Waals surface area contributed by atoms with Crippen LogP contribution in [0, 0.1) is 17.5 Å². The Balaban J connectivity index is 1.84. The molecule has 1 aromatic rings. The number of aliphatic hydroxyl groups excluding tert-OH is 1. The molecule has 30 heavy (non-hydrogen) atoms. The van der Waals surface area contributed by atoms with Gasteiger partial charge in [0.25, 0.3) is 0 Å². The van der Waals surface area contributed by atoms with Crippen molar-refractivity contribution in [1.29, 1.82) is 0 Å². The molecule has 1 fully saturated rings. The number of halogens is 3. The van der Waals surface area contributed by atoms with Gasteiger partial charge < -0.3 is 25.0 Å². The summed E-state index contributed by atoms with van der Waals surface area (Å²) in [4.78, 5) is 25.1. The molecular weight excluding hydrogens is 403 g/mol. The fraction of sp³-hybridized carbons (Fsp3) is 0.400. The maximum Gasteiger partial charge on any atom is 0.248 e. The van der Waals surface area contributed by atoms with E-state index in [0.29, 0.717) is 0 Å². The van der Waals surface area contributed by atoms with E-state index in [1.165, 1.54) is 22.8 Å². The van der Waals surface area contributed by atoms with E-state index in [2.05, 4.69) is 11.9 Å². The molecule has 1 saturated heterocycles. The number of anilines is 1. The maximum atomic E-state index is 14.8. The Bertz CT molecular complexity index is 919. The molecule has 2 heterocycles. The zero-order valence-electron chi connectivity index (χ0n) is 16.4. The number of carbonyl (C=O) groups excluding carboxylic acids is 2. The number of carbonyl (C=O) groups is 2. The normalized spacial score (nSPS) is 18.9. The van der Waals surface area contributed by atoms with Gasteiger partial charge in [0.15, 0.2) is 17.5 Å². The standard InChI is InChI=1S/C20H22F3N3O4/c1-11(28)24-8-14-9-26(12(2)30-14)16-7-15(21)18(20(23)19(16)22)13-3-5-25(6-4-13)17(29)10-27/h3,7,14,27H,2,4-6,8-10H2,1H3,(H,24,28). The van der Waals surface area contributed by atoms with Crippen LogP contribution < -0.4 is 10.2 Å². The van der Waals surface area contributed by atoms with Gasteiger partial charge >= 0.3 is 0 Å². The van der Waals surface area contributed by atoms with Crippen molar-refractivity contribution in [3.8, 4) is 0 Å². The van der Waals surface area contributed by atoms with Gasteiger partial charge in [0.05, 0.1) is 24.3 Å². The van der Waals surface area contributed by atoms with Gasteiger partial charge in [-0.3, -0.25) is 9.59 Å². The van der Waals surface area contributed by atoms with Crippen LogP contribution in [0.15, 0.2) is 24.6 Å². The van der Waals surface area contributed by atoms with Gasteiger partial charge in [0.1, 0.15) is 18.5 Å². The van der Waals surface area contributed by atoms with E-state index < -0.39 is 41.6 Å². The zero-order valence-corrected chi connectivity index (χ0v) is 16.4. The SMILES string of the molecule is C=C1OC(CNC(C)=O)CN1c1cc(F)c(C2=CCN(C(=O)CO)CC2)c(F)c1F. The third kappa shape index (κ3) is 4.28. The van der Waals surface area contributed by atoms with E-state index in [1.54, 1.807) is 0 Å². The summed E-state index contributed by atoms with van der Waals surface area (Å²) in [6.07, 6.45) is 1.03. The van der Waals surface area contributed by atoms with E-state index in [1.807, 2.05) is 0 Å². The summed E-state index contributed by atoms with van der Waals surface area (Å²) >= 11 is 0. The number of aliphatic hydroxyl groups is 1. The molecule has 2 aliphatic heterocycles. The van der Waals surface area contributed by atoms with Crippen molar-refractivity contribution in [3.05, 3.63) is 47.6 Å². The summed E-state index contributed by atoms with van der Waals surface area (Å²) < 4.78 is 49.9. The number of rotatable bonds is 5. The lowest BCUT2D eigenvalue weighted by Crippen LogP contribution is -2.36. The van der Waals surface area contributed by atoms with E-state index in [0.717, 1.165) is 6.07 Å². The van der Waals surface area contributed by atoms with Crippen molar-refractivity contribution in [2.24, 2.45) is 0 Å². The summed E-state index contributed by atoms with van der Waals surface area (Å²) in [6, 6.07) is 0.884. The molecule has 0 bridgehead atoms. The number of nitrogens with one attached hydrogen (secondary N) is 1. The van der Waals surface area contributed by atoms with Gasteiger partial charge in [0, 0.05) is 26.1 Å². The smallest absolute Gasteiger partial charge is 0.248 e. The van der Waals surface area contributed by atoms with Crippen LogP contribution in [0.3, 0.4) is 0 Å². The summed E-state index contributed by atoms with van der Waals surface area (Å²) in [5.41, 5.74) is -0.581. The van der Waals surface area contributed by atoms with E-state index in [4.69, 9.17) is 9.84 Å². The molecule has 0 radical (unpaired) electrons. The van der Waals surface area contributed by atoms with Gasteiger partial charge in [-0.05, 0) is 18.6 Å². The van der Waals surface area contributed by atoms with Crippen LogP contribution in [0.2, 0.25) is 0 Å². The highest BCUT2D eigenvalue weighted by atomic mass is 19.2. The molecule has 0 spiro atoms. The Kier molecular flexibility index (Phi) is 6.35. The zero-order chi connectivity index (χ0) is 22.0. The molecule has 162 valence electrons. The second kappa shape index (κ2) is 8.78. The van der Waals surface area contributed by atoms with E-state index >= 15 is 0 Å². The molecule has 0 aromatic heterocycles. The lowest BCUT2D eigenvalue weighted by molar-refractivity contribution is -0.133. The molecule has 0 saturated carbocycles. The highest BCUT2D eigenvalue weighted by Crippen LogP contribution is 2.36. The first kappa shape index (κ1) is 21.7. The molecule has 2 aliphatic rings. The van der Waals surface area contributed by atoms with E-state index in [-0.39, 0.29) is 55.7 Å². The predicted molar refractivity (Wildman–Crippen MR) is 103 cm³/mol. The fourth-order valence-electron chi connectivity index (χ4n) is 3.49. The quantitative estimate of drug-likeness (QED) is 0.700. The Morgan fingerprint density at radius 1 is 1.33 bits per heavy atom. The second-order valence-electron chi connectivity index (χ2n) is 7.04. The molecule has 2 amide bonds. The van der Waals surface area contributed by atoms with Crippen LogP contribution in [0.4, 0.5) is 18.9 Å². The number of nitrogens with zero attached hydrogens (tertiary/aromatic N) is 2. The largest absolute Gasteiger partial charge is 0.472 e. The van der Waals surface area contributed by atoms with Crippen molar-refractivity contribution in [2.45, 2.75) is 19.4 Å². The molecule has 10 heteroatoms. The molecule has 2 N–H and O–H groups in total. The van der Waals surface area contributed by atoms with Gasteiger partial charge in [0.2, 0.25) is 11.8 Å². The highest BCUT2D eigenvalue weighted by molar-refractivity contribution is 5.79. The van der Waals surface area contributed by atoms with Crippen LogP contribution >= 0.6 is 0 Å². The minimum atomic E-state index is -1.34. The lowest BCUT2D eigenvalue weighted by Gasteiger charge is -2.27. The molecule has 1 unspecified atom stereocenters. The monoisotopic (exact) mass is 425 g/mol. The first-order chi connectivity index (χ1) is 14.2. The average Bonchev–Trinajstić information content (AvgIpc) is 3.09. The minimum absolute atomic E-state index is 0.0193. The van der Waals surface area contributed by atoms with Gasteiger partial charge in [-0.2, -0.15) is 0 Å². The summed E-state index contributed by atoms with van der Waals surface area (Å²) in [7, 11) is 0. The first-order valence-electron chi connectivity index (χ1n) is 9.36. The topological polar surface area (TPSA) is 82.1 Å². The summed E-state index contributed by atoms with van der Waals surface area (Å²) in [6.45, 7) is 4.77. The van der Waals surface area contributed by atoms with Crippen molar-refractivity contribution in [3.63, 3.8) is 0 Å². The van der Waals surface area contributed by atoms with Crippen molar-refractivity contribution in [1.82, 2.24) is 10.2 Å². The Morgan fingerprint density at radius 2 is 2.07 bits per heavy atom. The third-order valence-electron chi connectivity index (χ3n) is 5.02. The van der Waals surface area contributed by atoms with Gasteiger partial charge in [-0.25, -0.2) is 13.2 Å². The van der Waals surface area contributed by atoms with Gasteiger partial charge in [-0.15, -0.1) is 0 Å². The molecule has 1 atom stereocenters. The molecule has 3 rings (SSSR count). The van der Waals surface area contributed by atoms with Crippen molar-refractivity contribution in [2.75, 3.05) is 37.7 Å². The summed E-state index contributed by atoms with van der Waals surface area (Å²) in [5, 5.41) is 11.5. The number of hydrogen-bond acceptors (Lipinski definition) is 5.